The average molecular weight is 650 g/mol. The van der Waals surface area contributed by atoms with Crippen LogP contribution in [0.1, 0.15) is 29.2 Å². The predicted octanol–water partition coefficient (Wildman–Crippen LogP) is 8.12. The van der Waals surface area contributed by atoms with E-state index in [0.29, 0.717) is 28.6 Å². The lowest BCUT2D eigenvalue weighted by Crippen LogP contribution is -2.54. The minimum Gasteiger partial charge on any atom is -0.497 e. The molecule has 2 N–H and O–H groups in total. The molecule has 5 aromatic carbocycles. The lowest BCUT2D eigenvalue weighted by Gasteiger charge is -2.42. The molecule has 48 heavy (non-hydrogen) atoms. The second-order valence-corrected chi connectivity index (χ2v) is 11.5. The number of alkyl halides is 1. The Morgan fingerprint density at radius 1 is 0.750 bits per heavy atom. The Balaban J connectivity index is 1.43. The van der Waals surface area contributed by atoms with Crippen LogP contribution in [0, 0.1) is 5.82 Å². The van der Waals surface area contributed by atoms with Crippen LogP contribution in [0.15, 0.2) is 126 Å². The largest absolute Gasteiger partial charge is 0.497 e. The fourth-order valence-corrected chi connectivity index (χ4v) is 6.06. The molecule has 9 heteroatoms. The number of aliphatic imine (C=N–C) groups is 1. The lowest BCUT2D eigenvalue weighted by atomic mass is 9.77. The monoisotopic (exact) mass is 649 g/mol. The SMILES string of the molecule is COc1ccc(C(NC2=NC[C@@H](F)[C@@](C)(c3cc(Nc4ccccc4OC)ccc3F)O2)(c2ccccc2)c2ccc(OC)cc2)cc1. The third-order valence-electron chi connectivity index (χ3n) is 8.74. The van der Waals surface area contributed by atoms with Crippen molar-refractivity contribution in [3.8, 4) is 17.2 Å². The molecule has 246 valence electrons. The molecule has 2 atom stereocenters. The van der Waals surface area contributed by atoms with Crippen LogP contribution in [0.3, 0.4) is 0 Å². The van der Waals surface area contributed by atoms with Gasteiger partial charge < -0.3 is 29.6 Å². The number of halogens is 2. The standard InChI is InChI=1S/C39H37F2N3O4/c1-38(32-24-29(18-23-33(32)40)43-34-12-8-9-13-35(34)47-4)36(41)25-42-37(48-38)44-39(26-10-6-5-7-11-26,27-14-19-30(45-2)20-15-27)28-16-21-31(46-3)22-17-28/h5-24,36,43H,25H2,1-4H3,(H,42,44)/t36-,38-/m1/s1. The summed E-state index contributed by atoms with van der Waals surface area (Å²) in [7, 11) is 4.79. The molecule has 7 nitrogen and oxygen atoms in total. The van der Waals surface area contributed by atoms with Gasteiger partial charge in [0.2, 0.25) is 0 Å². The summed E-state index contributed by atoms with van der Waals surface area (Å²) in [5.74, 6) is 1.38. The van der Waals surface area contributed by atoms with Gasteiger partial charge in [-0.25, -0.2) is 13.8 Å². The summed E-state index contributed by atoms with van der Waals surface area (Å²) < 4.78 is 54.5. The second kappa shape index (κ2) is 13.7. The zero-order chi connectivity index (χ0) is 33.7. The smallest absolute Gasteiger partial charge is 0.286 e. The van der Waals surface area contributed by atoms with Crippen LogP contribution in [0.2, 0.25) is 0 Å². The highest BCUT2D eigenvalue weighted by Crippen LogP contribution is 2.42. The van der Waals surface area contributed by atoms with Crippen LogP contribution in [0.4, 0.5) is 20.2 Å². The molecule has 0 fully saturated rings. The van der Waals surface area contributed by atoms with E-state index in [9.17, 15) is 0 Å². The molecule has 0 aromatic heterocycles. The molecule has 0 spiro atoms. The number of rotatable bonds is 10. The van der Waals surface area contributed by atoms with Gasteiger partial charge in [0.05, 0.1) is 33.6 Å². The molecular formula is C39H37F2N3O4. The maximum Gasteiger partial charge on any atom is 0.286 e. The molecule has 0 aliphatic carbocycles. The summed E-state index contributed by atoms with van der Waals surface area (Å²) in [6, 6.07) is 37.0. The number of amidine groups is 1. The van der Waals surface area contributed by atoms with Gasteiger partial charge in [-0.3, -0.25) is 0 Å². The van der Waals surface area contributed by atoms with Crippen molar-refractivity contribution in [1.29, 1.82) is 0 Å². The molecule has 0 saturated carbocycles. The first-order valence-electron chi connectivity index (χ1n) is 15.5. The maximum absolute atomic E-state index is 16.0. The third kappa shape index (κ3) is 6.11. The summed E-state index contributed by atoms with van der Waals surface area (Å²) in [6.45, 7) is 1.29. The Labute approximate surface area is 279 Å². The van der Waals surface area contributed by atoms with Gasteiger partial charge in [-0.05, 0) is 78.2 Å². The molecule has 1 heterocycles. The zero-order valence-electron chi connectivity index (χ0n) is 27.2. The van der Waals surface area contributed by atoms with E-state index >= 15 is 8.78 Å². The molecule has 1 aliphatic heterocycles. The lowest BCUT2D eigenvalue weighted by molar-refractivity contribution is -0.0274. The molecule has 6 rings (SSSR count). The van der Waals surface area contributed by atoms with E-state index in [1.807, 2.05) is 103 Å². The van der Waals surface area contributed by atoms with Crippen LogP contribution in [-0.4, -0.2) is 40.1 Å². The molecule has 0 bridgehead atoms. The summed E-state index contributed by atoms with van der Waals surface area (Å²) in [5.41, 5.74) is 1.00. The molecule has 0 saturated heterocycles. The highest BCUT2D eigenvalue weighted by Gasteiger charge is 2.47. The second-order valence-electron chi connectivity index (χ2n) is 11.5. The average Bonchev–Trinajstić information content (AvgIpc) is 3.13. The van der Waals surface area contributed by atoms with Gasteiger partial charge in [0.25, 0.3) is 6.02 Å². The van der Waals surface area contributed by atoms with Crippen LogP contribution in [0.5, 0.6) is 17.2 Å². The summed E-state index contributed by atoms with van der Waals surface area (Å²) in [4.78, 5) is 4.51. The highest BCUT2D eigenvalue weighted by atomic mass is 19.1. The van der Waals surface area contributed by atoms with Crippen molar-refractivity contribution in [3.05, 3.63) is 149 Å². The van der Waals surface area contributed by atoms with E-state index in [1.54, 1.807) is 40.4 Å². The Hall–Kier alpha value is -5.57. The van der Waals surface area contributed by atoms with E-state index in [2.05, 4.69) is 15.6 Å². The first-order valence-corrected chi connectivity index (χ1v) is 15.5. The van der Waals surface area contributed by atoms with Gasteiger partial charge in [-0.15, -0.1) is 0 Å². The van der Waals surface area contributed by atoms with Crippen molar-refractivity contribution < 1.29 is 27.7 Å². The van der Waals surface area contributed by atoms with Crippen LogP contribution in [-0.2, 0) is 15.9 Å². The number of ether oxygens (including phenoxy) is 4. The first-order chi connectivity index (χ1) is 23.3. The zero-order valence-corrected chi connectivity index (χ0v) is 27.2. The Morgan fingerprint density at radius 3 is 1.94 bits per heavy atom. The summed E-state index contributed by atoms with van der Waals surface area (Å²) >= 11 is 0. The van der Waals surface area contributed by atoms with Crippen molar-refractivity contribution in [2.45, 2.75) is 24.2 Å². The van der Waals surface area contributed by atoms with Crippen molar-refractivity contribution in [2.24, 2.45) is 4.99 Å². The number of para-hydroxylation sites is 2. The molecule has 1 aliphatic rings. The number of hydrogen-bond acceptors (Lipinski definition) is 7. The minimum absolute atomic E-state index is 0.0447. The first kappa shape index (κ1) is 32.4. The van der Waals surface area contributed by atoms with E-state index in [1.165, 1.54) is 6.07 Å². The normalized spacial score (nSPS) is 17.5. The summed E-state index contributed by atoms with van der Waals surface area (Å²) in [5, 5.41) is 6.81. The molecule has 0 unspecified atom stereocenters. The Morgan fingerprint density at radius 2 is 1.33 bits per heavy atom. The molecule has 0 amide bonds. The van der Waals surface area contributed by atoms with Crippen LogP contribution < -0.4 is 24.8 Å². The quantitative estimate of drug-likeness (QED) is 0.149. The van der Waals surface area contributed by atoms with E-state index in [4.69, 9.17) is 18.9 Å². The van der Waals surface area contributed by atoms with Gasteiger partial charge in [0.1, 0.15) is 28.6 Å². The number of hydrogen-bond donors (Lipinski definition) is 2. The van der Waals surface area contributed by atoms with E-state index in [0.717, 1.165) is 16.7 Å². The van der Waals surface area contributed by atoms with Gasteiger partial charge in [-0.1, -0.05) is 66.7 Å². The van der Waals surface area contributed by atoms with Gasteiger partial charge in [0, 0.05) is 11.3 Å². The third-order valence-corrected chi connectivity index (χ3v) is 8.74. The van der Waals surface area contributed by atoms with E-state index in [-0.39, 0.29) is 18.1 Å². The van der Waals surface area contributed by atoms with Gasteiger partial charge in [0.15, 0.2) is 11.8 Å². The number of benzene rings is 5. The maximum atomic E-state index is 16.0. The minimum atomic E-state index is -1.73. The topological polar surface area (TPSA) is 73.3 Å². The van der Waals surface area contributed by atoms with Crippen molar-refractivity contribution in [3.63, 3.8) is 0 Å². The van der Waals surface area contributed by atoms with Crippen molar-refractivity contribution in [2.75, 3.05) is 33.2 Å². The van der Waals surface area contributed by atoms with Gasteiger partial charge >= 0.3 is 0 Å². The number of anilines is 2. The molecular weight excluding hydrogens is 612 g/mol. The number of nitrogens with one attached hydrogen (secondary N) is 2. The summed E-state index contributed by atoms with van der Waals surface area (Å²) in [6.07, 6.45) is -1.65. The van der Waals surface area contributed by atoms with E-state index < -0.39 is 23.1 Å². The number of nitrogens with zero attached hydrogens (tertiary/aromatic N) is 1. The Kier molecular flexibility index (Phi) is 9.21. The van der Waals surface area contributed by atoms with Crippen molar-refractivity contribution in [1.82, 2.24) is 5.32 Å². The fourth-order valence-electron chi connectivity index (χ4n) is 6.06. The number of methoxy groups -OCH3 is 3. The van der Waals surface area contributed by atoms with Crippen molar-refractivity contribution >= 4 is 17.4 Å². The van der Waals surface area contributed by atoms with Crippen LogP contribution >= 0.6 is 0 Å². The molecule has 0 radical (unpaired) electrons. The fraction of sp³-hybridized carbons (Fsp3) is 0.205. The predicted molar refractivity (Wildman–Crippen MR) is 184 cm³/mol. The highest BCUT2D eigenvalue weighted by molar-refractivity contribution is 5.79. The Bertz CT molecular complexity index is 1840. The van der Waals surface area contributed by atoms with Crippen LogP contribution in [0.25, 0.3) is 0 Å². The molecule has 5 aromatic rings. The van der Waals surface area contributed by atoms with Gasteiger partial charge in [-0.2, -0.15) is 0 Å².